The van der Waals surface area contributed by atoms with Crippen LogP contribution in [-0.4, -0.2) is 56.0 Å². The number of carbonyl (C=O) groups is 2. The Morgan fingerprint density at radius 1 is 1.35 bits per heavy atom. The average molecular weight is 332 g/mol. The lowest BCUT2D eigenvalue weighted by Crippen LogP contribution is -2.41. The fourth-order valence-corrected chi connectivity index (χ4v) is 2.27. The van der Waals surface area contributed by atoms with E-state index < -0.39 is 43.8 Å². The van der Waals surface area contributed by atoms with Gasteiger partial charge in [0.2, 0.25) is 5.91 Å². The Morgan fingerprint density at radius 2 is 1.90 bits per heavy atom. The summed E-state index contributed by atoms with van der Waals surface area (Å²) in [5, 5.41) is 19.7. The van der Waals surface area contributed by atoms with Crippen molar-refractivity contribution in [2.45, 2.75) is 31.3 Å². The smallest absolute Gasteiger partial charge is 0.391 e. The number of hydrogen-bond acceptors (Lipinski definition) is 7. The molecule has 10 nitrogen and oxygen atoms in total. The van der Waals surface area contributed by atoms with E-state index >= 15 is 0 Å². The van der Waals surface area contributed by atoms with Crippen molar-refractivity contribution in [2.24, 2.45) is 0 Å². The molecule has 0 aliphatic carbocycles. The van der Waals surface area contributed by atoms with E-state index in [-0.39, 0.29) is 0 Å². The maximum absolute atomic E-state index is 11.1. The van der Waals surface area contributed by atoms with Crippen LogP contribution in [-0.2, 0) is 13.9 Å². The Bertz CT molecular complexity index is 387. The quantitative estimate of drug-likeness (QED) is 0.245. The minimum Gasteiger partial charge on any atom is -0.391 e. The van der Waals surface area contributed by atoms with Crippen LogP contribution in [0.1, 0.15) is 13.8 Å². The maximum Gasteiger partial charge on any atom is 0.469 e. The third-order valence-corrected chi connectivity index (χ3v) is 3.38. The van der Waals surface area contributed by atoms with Crippen LogP contribution in [0.4, 0.5) is 4.79 Å². The van der Waals surface area contributed by atoms with Crippen molar-refractivity contribution in [1.82, 2.24) is 10.0 Å². The van der Waals surface area contributed by atoms with Crippen molar-refractivity contribution >= 4 is 31.7 Å². The molecule has 0 fully saturated rings. The van der Waals surface area contributed by atoms with E-state index in [4.69, 9.17) is 9.79 Å². The highest BCUT2D eigenvalue weighted by Gasteiger charge is 2.28. The predicted octanol–water partition coefficient (Wildman–Crippen LogP) is -1.30. The van der Waals surface area contributed by atoms with Gasteiger partial charge in [-0.25, -0.2) is 9.36 Å². The number of amides is 3. The number of imide groups is 1. The minimum absolute atomic E-state index is 0.556. The van der Waals surface area contributed by atoms with Gasteiger partial charge >= 0.3 is 13.9 Å². The number of nitrogens with one attached hydrogen (secondary N) is 2. The average Bonchev–Trinajstić information content (AvgIpc) is 2.25. The normalized spacial score (nSPS) is 16.1. The van der Waals surface area contributed by atoms with Crippen molar-refractivity contribution in [1.29, 1.82) is 0 Å². The SMILES string of the molecule is CC(=O)NC(=O)NS[C@H](COP(=O)(O)O)[C@@H](O)[C@H](C)O. The Morgan fingerprint density at radius 3 is 2.30 bits per heavy atom. The Balaban J connectivity index is 4.50. The molecule has 0 aromatic heterocycles. The van der Waals surface area contributed by atoms with Gasteiger partial charge in [-0.05, 0) is 18.9 Å². The lowest BCUT2D eigenvalue weighted by atomic mass is 10.2. The second kappa shape index (κ2) is 8.57. The topological polar surface area (TPSA) is 165 Å². The van der Waals surface area contributed by atoms with E-state index in [2.05, 4.69) is 9.25 Å². The predicted molar refractivity (Wildman–Crippen MR) is 69.4 cm³/mol. The van der Waals surface area contributed by atoms with E-state index in [1.165, 1.54) is 6.92 Å². The van der Waals surface area contributed by atoms with Crippen molar-refractivity contribution in [2.75, 3.05) is 6.61 Å². The summed E-state index contributed by atoms with van der Waals surface area (Å²) in [4.78, 5) is 38.9. The van der Waals surface area contributed by atoms with Gasteiger partial charge < -0.3 is 20.0 Å². The first-order valence-corrected chi connectivity index (χ1v) is 7.73. The summed E-state index contributed by atoms with van der Waals surface area (Å²) in [7, 11) is -4.75. The summed E-state index contributed by atoms with van der Waals surface area (Å²) < 4.78 is 16.9. The summed E-state index contributed by atoms with van der Waals surface area (Å²) in [6, 6.07) is -0.874. The summed E-state index contributed by atoms with van der Waals surface area (Å²) in [5.74, 6) is -0.609. The molecule has 0 aromatic rings. The molecule has 3 atom stereocenters. The number of aliphatic hydroxyl groups is 2. The molecule has 0 saturated heterocycles. The number of aliphatic hydroxyl groups excluding tert-OH is 2. The van der Waals surface area contributed by atoms with Crippen molar-refractivity contribution in [3.63, 3.8) is 0 Å². The number of hydrogen-bond donors (Lipinski definition) is 6. The van der Waals surface area contributed by atoms with Gasteiger partial charge in [0.15, 0.2) is 0 Å². The summed E-state index contributed by atoms with van der Waals surface area (Å²) >= 11 is 0.556. The van der Waals surface area contributed by atoms with Crippen molar-refractivity contribution in [3.8, 4) is 0 Å². The molecule has 12 heteroatoms. The summed E-state index contributed by atoms with van der Waals surface area (Å²) in [5.41, 5.74) is 0. The molecule has 20 heavy (non-hydrogen) atoms. The molecule has 0 aliphatic rings. The number of urea groups is 1. The molecule has 118 valence electrons. The van der Waals surface area contributed by atoms with E-state index in [1.54, 1.807) is 0 Å². The largest absolute Gasteiger partial charge is 0.469 e. The molecule has 0 radical (unpaired) electrons. The zero-order valence-corrected chi connectivity index (χ0v) is 12.4. The zero-order chi connectivity index (χ0) is 15.9. The first kappa shape index (κ1) is 19.3. The molecule has 0 heterocycles. The van der Waals surface area contributed by atoms with Crippen LogP contribution in [0.5, 0.6) is 0 Å². The van der Waals surface area contributed by atoms with Crippen molar-refractivity contribution < 1.29 is 38.7 Å². The molecule has 0 aromatic carbocycles. The van der Waals surface area contributed by atoms with Gasteiger partial charge in [0.25, 0.3) is 0 Å². The highest BCUT2D eigenvalue weighted by molar-refractivity contribution is 7.98. The van der Waals surface area contributed by atoms with Gasteiger partial charge in [-0.2, -0.15) is 0 Å². The molecular weight excluding hydrogens is 315 g/mol. The lowest BCUT2D eigenvalue weighted by Gasteiger charge is -2.24. The fraction of sp³-hybridized carbons (Fsp3) is 0.750. The zero-order valence-electron chi connectivity index (χ0n) is 10.7. The molecule has 0 rings (SSSR count). The Kier molecular flexibility index (Phi) is 8.28. The molecule has 0 spiro atoms. The fourth-order valence-electron chi connectivity index (χ4n) is 0.998. The molecule has 0 saturated carbocycles. The van der Waals surface area contributed by atoms with Crippen LogP contribution in [0, 0.1) is 0 Å². The van der Waals surface area contributed by atoms with Gasteiger partial charge in [-0.15, -0.1) is 0 Å². The monoisotopic (exact) mass is 332 g/mol. The van der Waals surface area contributed by atoms with E-state index in [0.29, 0.717) is 11.9 Å². The number of rotatable bonds is 7. The highest BCUT2D eigenvalue weighted by Crippen LogP contribution is 2.36. The van der Waals surface area contributed by atoms with Crippen LogP contribution in [0.3, 0.4) is 0 Å². The Labute approximate surface area is 119 Å². The standard InChI is InChI=1S/C8H17N2O8PS/c1-4(11)7(13)6(3-18-19(15,16)17)20-10-8(14)9-5(2)12/h4,6-7,11,13H,3H2,1-2H3,(H2,15,16,17)(H2,9,10,12,14)/t4-,6+,7-/m0/s1. The van der Waals surface area contributed by atoms with Crippen LogP contribution in [0.2, 0.25) is 0 Å². The molecule has 3 amide bonds. The minimum atomic E-state index is -4.75. The molecule has 0 unspecified atom stereocenters. The van der Waals surface area contributed by atoms with E-state index in [1.807, 2.05) is 5.32 Å². The van der Waals surface area contributed by atoms with Gasteiger partial charge in [-0.3, -0.25) is 19.4 Å². The second-order valence-electron chi connectivity index (χ2n) is 3.79. The van der Waals surface area contributed by atoms with Crippen LogP contribution in [0.25, 0.3) is 0 Å². The van der Waals surface area contributed by atoms with Gasteiger partial charge in [0.05, 0.1) is 24.1 Å². The lowest BCUT2D eigenvalue weighted by molar-refractivity contribution is -0.117. The number of carbonyl (C=O) groups excluding carboxylic acids is 2. The first-order chi connectivity index (χ1) is 9.03. The second-order valence-corrected chi connectivity index (χ2v) is 6.07. The molecule has 0 aliphatic heterocycles. The van der Waals surface area contributed by atoms with Crippen LogP contribution in [0.15, 0.2) is 0 Å². The molecule has 6 N–H and O–H groups in total. The number of phosphoric acid groups is 1. The molecular formula is C8H17N2O8PS. The maximum atomic E-state index is 11.1. The van der Waals surface area contributed by atoms with Gasteiger partial charge in [0.1, 0.15) is 0 Å². The highest BCUT2D eigenvalue weighted by atomic mass is 32.2. The van der Waals surface area contributed by atoms with Gasteiger partial charge in [-0.1, -0.05) is 0 Å². The summed E-state index contributed by atoms with van der Waals surface area (Å²) in [6.45, 7) is 1.75. The third-order valence-electron chi connectivity index (χ3n) is 1.87. The Hall–Kier alpha value is -0.680. The third kappa shape index (κ3) is 9.26. The number of phosphoric ester groups is 1. The first-order valence-electron chi connectivity index (χ1n) is 5.32. The molecule has 0 bridgehead atoms. The summed E-state index contributed by atoms with van der Waals surface area (Å²) in [6.07, 6.45) is -2.63. The van der Waals surface area contributed by atoms with Crippen LogP contribution < -0.4 is 10.0 Å². The van der Waals surface area contributed by atoms with Gasteiger partial charge in [0, 0.05) is 6.92 Å². The van der Waals surface area contributed by atoms with E-state index in [0.717, 1.165) is 6.92 Å². The van der Waals surface area contributed by atoms with E-state index in [9.17, 15) is 24.4 Å². The van der Waals surface area contributed by atoms with Crippen molar-refractivity contribution in [3.05, 3.63) is 0 Å². The van der Waals surface area contributed by atoms with Crippen LogP contribution >= 0.6 is 19.8 Å².